The van der Waals surface area contributed by atoms with Gasteiger partial charge in [-0.15, -0.1) is 0 Å². The van der Waals surface area contributed by atoms with E-state index in [-0.39, 0.29) is 22.6 Å². The highest BCUT2D eigenvalue weighted by Gasteiger charge is 2.27. The summed E-state index contributed by atoms with van der Waals surface area (Å²) in [6.07, 6.45) is 0. The summed E-state index contributed by atoms with van der Waals surface area (Å²) in [5.74, 6) is 0.278. The number of hydrogen-bond acceptors (Lipinski definition) is 2. The lowest BCUT2D eigenvalue weighted by Crippen LogP contribution is -2.11. The summed E-state index contributed by atoms with van der Waals surface area (Å²) >= 11 is 0. The Bertz CT molecular complexity index is 831. The Morgan fingerprint density at radius 3 is 1.87 bits per heavy atom. The molecule has 0 amide bonds. The van der Waals surface area contributed by atoms with Gasteiger partial charge in [-0.1, -0.05) is 59.7 Å². The fourth-order valence-corrected chi connectivity index (χ4v) is 4.48. The molecule has 126 valence electrons. The highest BCUT2D eigenvalue weighted by atomic mass is 32.2. The van der Waals surface area contributed by atoms with E-state index < -0.39 is 10.1 Å². The van der Waals surface area contributed by atoms with Gasteiger partial charge >= 0.3 is 0 Å². The van der Waals surface area contributed by atoms with Crippen LogP contribution in [0.25, 0.3) is 10.8 Å². The van der Waals surface area contributed by atoms with Gasteiger partial charge in [-0.05, 0) is 51.3 Å². The van der Waals surface area contributed by atoms with Gasteiger partial charge in [0.15, 0.2) is 0 Å². The number of rotatable bonds is 4. The van der Waals surface area contributed by atoms with Crippen LogP contribution in [0.5, 0.6) is 0 Å². The van der Waals surface area contributed by atoms with E-state index in [0.29, 0.717) is 5.56 Å². The first kappa shape index (κ1) is 18.0. The molecular weight excluding hydrogens is 308 g/mol. The normalized spacial score (nSPS) is 12.8. The van der Waals surface area contributed by atoms with Crippen molar-refractivity contribution < 1.29 is 13.0 Å². The van der Waals surface area contributed by atoms with Crippen molar-refractivity contribution in [1.82, 2.24) is 0 Å². The first-order valence-corrected chi connectivity index (χ1v) is 9.56. The molecule has 0 radical (unpaired) electrons. The molecule has 3 nitrogen and oxygen atoms in total. The number of benzene rings is 2. The third-order valence-electron chi connectivity index (χ3n) is 4.30. The lowest BCUT2D eigenvalue weighted by atomic mass is 9.85. The van der Waals surface area contributed by atoms with Gasteiger partial charge in [0.25, 0.3) is 10.1 Å². The van der Waals surface area contributed by atoms with E-state index in [1.54, 1.807) is 0 Å². The lowest BCUT2D eigenvalue weighted by Gasteiger charge is -2.23. The number of fused-ring (bicyclic) bond motifs is 1. The summed E-state index contributed by atoms with van der Waals surface area (Å²) < 4.78 is 34.2. The van der Waals surface area contributed by atoms with Crippen molar-refractivity contribution in [3.63, 3.8) is 0 Å². The van der Waals surface area contributed by atoms with Crippen molar-refractivity contribution in [1.29, 1.82) is 0 Å². The molecule has 0 saturated carbocycles. The molecule has 2 aromatic rings. The maximum absolute atomic E-state index is 12.2. The maximum atomic E-state index is 12.2. The average molecular weight is 334 g/mol. The maximum Gasteiger partial charge on any atom is 0.295 e. The second-order valence-electron chi connectivity index (χ2n) is 7.09. The Morgan fingerprint density at radius 1 is 0.870 bits per heavy atom. The van der Waals surface area contributed by atoms with Crippen molar-refractivity contribution in [3.8, 4) is 0 Å². The predicted octanol–water partition coefficient (Wildman–Crippen LogP) is 5.46. The van der Waals surface area contributed by atoms with E-state index >= 15 is 0 Å². The fraction of sp³-hybridized carbons (Fsp3) is 0.474. The zero-order chi connectivity index (χ0) is 17.5. The Hall–Kier alpha value is -1.39. The predicted molar refractivity (Wildman–Crippen MR) is 96.0 cm³/mol. The van der Waals surface area contributed by atoms with Crippen molar-refractivity contribution in [3.05, 3.63) is 41.0 Å². The van der Waals surface area contributed by atoms with E-state index in [4.69, 9.17) is 0 Å². The molecule has 0 spiro atoms. The molecule has 4 heteroatoms. The minimum atomic E-state index is -4.29. The van der Waals surface area contributed by atoms with E-state index in [9.17, 15) is 13.0 Å². The van der Waals surface area contributed by atoms with Gasteiger partial charge in [0.1, 0.15) is 4.90 Å². The van der Waals surface area contributed by atoms with Gasteiger partial charge in [0, 0.05) is 0 Å². The molecular formula is C19H26O3S. The summed E-state index contributed by atoms with van der Waals surface area (Å²) in [5.41, 5.74) is 2.54. The number of hydrogen-bond donors (Lipinski definition) is 1. The van der Waals surface area contributed by atoms with E-state index in [0.717, 1.165) is 21.9 Å². The van der Waals surface area contributed by atoms with Crippen LogP contribution in [-0.4, -0.2) is 13.0 Å². The van der Waals surface area contributed by atoms with Gasteiger partial charge in [0.05, 0.1) is 0 Å². The van der Waals surface area contributed by atoms with Gasteiger partial charge in [-0.2, -0.15) is 8.42 Å². The van der Waals surface area contributed by atoms with Gasteiger partial charge in [-0.3, -0.25) is 4.55 Å². The largest absolute Gasteiger partial charge is 0.295 e. The summed E-state index contributed by atoms with van der Waals surface area (Å²) in [6.45, 7) is 12.1. The zero-order valence-corrected chi connectivity index (χ0v) is 15.5. The molecule has 0 fully saturated rings. The molecule has 0 unspecified atom stereocenters. The van der Waals surface area contributed by atoms with E-state index in [2.05, 4.69) is 13.8 Å². The summed E-state index contributed by atoms with van der Waals surface area (Å²) in [7, 11) is -4.29. The van der Waals surface area contributed by atoms with Crippen molar-refractivity contribution in [2.45, 2.75) is 64.2 Å². The lowest BCUT2D eigenvalue weighted by molar-refractivity contribution is 0.479. The fourth-order valence-electron chi connectivity index (χ4n) is 3.27. The Morgan fingerprint density at radius 2 is 1.43 bits per heavy atom. The molecule has 1 N–H and O–H groups in total. The second kappa shape index (κ2) is 6.25. The Kier molecular flexibility index (Phi) is 4.88. The van der Waals surface area contributed by atoms with Gasteiger partial charge < -0.3 is 0 Å². The van der Waals surface area contributed by atoms with Crippen LogP contribution < -0.4 is 0 Å². The SMILES string of the molecule is CC(C)c1cc2cccc(C(C)C)c2c(C(C)C)c1S(=O)(=O)O. The average Bonchev–Trinajstić information content (AvgIpc) is 2.42. The molecule has 0 bridgehead atoms. The van der Waals surface area contributed by atoms with Crippen LogP contribution in [0.1, 0.15) is 76.0 Å². The third kappa shape index (κ3) is 3.29. The van der Waals surface area contributed by atoms with Crippen LogP contribution in [0.2, 0.25) is 0 Å². The third-order valence-corrected chi connectivity index (χ3v) is 5.27. The van der Waals surface area contributed by atoms with Crippen molar-refractivity contribution in [2.75, 3.05) is 0 Å². The topological polar surface area (TPSA) is 54.4 Å². The van der Waals surface area contributed by atoms with Gasteiger partial charge in [0.2, 0.25) is 0 Å². The van der Waals surface area contributed by atoms with E-state index in [1.807, 2.05) is 52.0 Å². The highest BCUT2D eigenvalue weighted by Crippen LogP contribution is 2.40. The monoisotopic (exact) mass is 334 g/mol. The summed E-state index contributed by atoms with van der Waals surface area (Å²) in [5, 5.41) is 2.01. The van der Waals surface area contributed by atoms with Gasteiger partial charge in [-0.25, -0.2) is 0 Å². The summed E-state index contributed by atoms with van der Waals surface area (Å²) in [4.78, 5) is 0.100. The minimum absolute atomic E-state index is 0.00646. The first-order valence-electron chi connectivity index (χ1n) is 8.12. The molecule has 23 heavy (non-hydrogen) atoms. The Labute approximate surface area is 139 Å². The van der Waals surface area contributed by atoms with Crippen molar-refractivity contribution in [2.24, 2.45) is 0 Å². The molecule has 0 atom stereocenters. The summed E-state index contributed by atoms with van der Waals surface area (Å²) in [6, 6.07) is 7.99. The molecule has 0 aromatic heterocycles. The first-order chi connectivity index (χ1) is 10.6. The van der Waals surface area contributed by atoms with Crippen LogP contribution in [0.3, 0.4) is 0 Å². The standard InChI is InChI=1S/C19H26O3S/c1-11(2)15-9-7-8-14-10-16(12(3)4)19(23(20,21)22)17(13(5)6)18(14)15/h7-13H,1-6H3,(H,20,21,22). The molecule has 2 rings (SSSR count). The van der Waals surface area contributed by atoms with Crippen molar-refractivity contribution >= 4 is 20.9 Å². The molecule has 0 saturated heterocycles. The second-order valence-corrected chi connectivity index (χ2v) is 8.45. The van der Waals surface area contributed by atoms with Crippen LogP contribution in [-0.2, 0) is 10.1 Å². The smallest absolute Gasteiger partial charge is 0.282 e. The molecule has 2 aromatic carbocycles. The molecule has 0 heterocycles. The Balaban J connectivity index is 3.15. The molecule has 0 aliphatic carbocycles. The van der Waals surface area contributed by atoms with Crippen LogP contribution in [0, 0.1) is 0 Å². The van der Waals surface area contributed by atoms with Crippen LogP contribution in [0.4, 0.5) is 0 Å². The van der Waals surface area contributed by atoms with E-state index in [1.165, 1.54) is 0 Å². The molecule has 0 aliphatic heterocycles. The molecule has 0 aliphatic rings. The minimum Gasteiger partial charge on any atom is -0.282 e. The quantitative estimate of drug-likeness (QED) is 0.756. The van der Waals surface area contributed by atoms with Crippen LogP contribution in [0.15, 0.2) is 29.2 Å². The zero-order valence-electron chi connectivity index (χ0n) is 14.7. The highest BCUT2D eigenvalue weighted by molar-refractivity contribution is 7.86. The van der Waals surface area contributed by atoms with Crippen LogP contribution >= 0.6 is 0 Å².